The highest BCUT2D eigenvalue weighted by Gasteiger charge is 2.26. The Kier molecular flexibility index (Phi) is 5.13. The predicted molar refractivity (Wildman–Crippen MR) is 106 cm³/mol. The van der Waals surface area contributed by atoms with E-state index in [0.717, 1.165) is 30.2 Å². The van der Waals surface area contributed by atoms with Crippen LogP contribution >= 0.6 is 11.8 Å². The van der Waals surface area contributed by atoms with Gasteiger partial charge in [-0.1, -0.05) is 6.07 Å². The molecule has 1 fully saturated rings. The fourth-order valence-corrected chi connectivity index (χ4v) is 4.31. The molecule has 0 aliphatic carbocycles. The number of hydrogen-bond donors (Lipinski definition) is 1. The van der Waals surface area contributed by atoms with E-state index in [0.29, 0.717) is 18.7 Å². The molecule has 0 spiro atoms. The molecule has 1 saturated heterocycles. The smallest absolute Gasteiger partial charge is 0.254 e. The van der Waals surface area contributed by atoms with E-state index in [-0.39, 0.29) is 17.1 Å². The quantitative estimate of drug-likeness (QED) is 0.883. The van der Waals surface area contributed by atoms with Crippen LogP contribution in [0.3, 0.4) is 0 Å². The number of pyridine rings is 1. The summed E-state index contributed by atoms with van der Waals surface area (Å²) in [6, 6.07) is 9.62. The molecule has 1 N–H and O–H groups in total. The highest BCUT2D eigenvalue weighted by molar-refractivity contribution is 8.00. The minimum absolute atomic E-state index is 0.0129. The molecule has 2 aliphatic rings. The molecule has 27 heavy (non-hydrogen) atoms. The van der Waals surface area contributed by atoms with Crippen molar-refractivity contribution in [2.24, 2.45) is 0 Å². The minimum atomic E-state index is -0.105. The van der Waals surface area contributed by atoms with Gasteiger partial charge in [0, 0.05) is 55.6 Å². The maximum atomic E-state index is 12.9. The van der Waals surface area contributed by atoms with E-state index in [9.17, 15) is 9.59 Å². The number of amides is 2. The first kappa shape index (κ1) is 18.0. The van der Waals surface area contributed by atoms with Gasteiger partial charge >= 0.3 is 0 Å². The lowest BCUT2D eigenvalue weighted by atomic mass is 10.1. The minimum Gasteiger partial charge on any atom is -0.336 e. The van der Waals surface area contributed by atoms with Crippen molar-refractivity contribution in [1.82, 2.24) is 14.8 Å². The molecule has 3 heterocycles. The van der Waals surface area contributed by atoms with Gasteiger partial charge in [-0.25, -0.2) is 0 Å². The average Bonchev–Trinajstić information content (AvgIpc) is 2.69. The summed E-state index contributed by atoms with van der Waals surface area (Å²) in [4.78, 5) is 34.2. The van der Waals surface area contributed by atoms with Gasteiger partial charge in [-0.15, -0.1) is 11.8 Å². The molecule has 6 nitrogen and oxygen atoms in total. The fourth-order valence-electron chi connectivity index (χ4n) is 3.38. The summed E-state index contributed by atoms with van der Waals surface area (Å²) >= 11 is 1.53. The van der Waals surface area contributed by atoms with E-state index in [1.165, 1.54) is 17.3 Å². The Hall–Kier alpha value is -2.38. The molecule has 0 radical (unpaired) electrons. The number of carbonyl (C=O) groups excluding carboxylic acids is 2. The fraction of sp³-hybridized carbons (Fsp3) is 0.350. The van der Waals surface area contributed by atoms with Crippen molar-refractivity contribution in [3.05, 3.63) is 53.9 Å². The number of piperazine rings is 1. The number of anilines is 1. The number of carbonyl (C=O) groups is 2. The number of fused-ring (bicyclic) bond motifs is 1. The lowest BCUT2D eigenvalue weighted by Gasteiger charge is -2.35. The van der Waals surface area contributed by atoms with Crippen molar-refractivity contribution in [2.45, 2.75) is 23.6 Å². The molecular weight excluding hydrogens is 360 g/mol. The third kappa shape index (κ3) is 3.99. The van der Waals surface area contributed by atoms with E-state index >= 15 is 0 Å². The molecular formula is C20H22N4O2S. The van der Waals surface area contributed by atoms with Crippen molar-refractivity contribution < 1.29 is 9.59 Å². The summed E-state index contributed by atoms with van der Waals surface area (Å²) in [7, 11) is 0. The van der Waals surface area contributed by atoms with Gasteiger partial charge in [-0.05, 0) is 36.8 Å². The zero-order chi connectivity index (χ0) is 18.8. The van der Waals surface area contributed by atoms with Crippen LogP contribution in [0.5, 0.6) is 0 Å². The monoisotopic (exact) mass is 382 g/mol. The van der Waals surface area contributed by atoms with E-state index in [1.54, 1.807) is 12.3 Å². The summed E-state index contributed by atoms with van der Waals surface area (Å²) in [5, 5.41) is 2.79. The molecule has 1 unspecified atom stereocenters. The van der Waals surface area contributed by atoms with Crippen molar-refractivity contribution in [3.63, 3.8) is 0 Å². The molecule has 1 aromatic heterocycles. The van der Waals surface area contributed by atoms with Crippen molar-refractivity contribution in [3.8, 4) is 0 Å². The van der Waals surface area contributed by atoms with Gasteiger partial charge in [-0.3, -0.25) is 19.5 Å². The molecule has 1 aromatic carbocycles. The molecule has 2 amide bonds. The summed E-state index contributed by atoms with van der Waals surface area (Å²) in [5.74, 6) is 0.0119. The molecule has 7 heteroatoms. The summed E-state index contributed by atoms with van der Waals surface area (Å²) in [5.41, 5.74) is 2.56. The normalized spacial score (nSPS) is 20.1. The average molecular weight is 382 g/mol. The van der Waals surface area contributed by atoms with Gasteiger partial charge < -0.3 is 10.2 Å². The van der Waals surface area contributed by atoms with Crippen LogP contribution in [0.25, 0.3) is 0 Å². The van der Waals surface area contributed by atoms with Gasteiger partial charge in [-0.2, -0.15) is 0 Å². The van der Waals surface area contributed by atoms with Crippen LogP contribution in [0.4, 0.5) is 5.69 Å². The number of benzene rings is 1. The van der Waals surface area contributed by atoms with Crippen LogP contribution in [0, 0.1) is 0 Å². The van der Waals surface area contributed by atoms with E-state index in [2.05, 4.69) is 21.3 Å². The van der Waals surface area contributed by atoms with Crippen LogP contribution in [-0.2, 0) is 11.3 Å². The number of aromatic nitrogens is 1. The van der Waals surface area contributed by atoms with Gasteiger partial charge in [0.2, 0.25) is 5.91 Å². The summed E-state index contributed by atoms with van der Waals surface area (Å²) in [6.45, 7) is 5.83. The van der Waals surface area contributed by atoms with Crippen molar-refractivity contribution >= 4 is 29.3 Å². The summed E-state index contributed by atoms with van der Waals surface area (Å²) < 4.78 is 0. The topological polar surface area (TPSA) is 65.5 Å². The van der Waals surface area contributed by atoms with E-state index in [1.807, 2.05) is 36.2 Å². The predicted octanol–water partition coefficient (Wildman–Crippen LogP) is 2.47. The van der Waals surface area contributed by atoms with E-state index < -0.39 is 0 Å². The molecule has 1 atom stereocenters. The zero-order valence-corrected chi connectivity index (χ0v) is 16.0. The second-order valence-corrected chi connectivity index (χ2v) is 8.27. The number of rotatable bonds is 3. The molecule has 140 valence electrons. The Balaban J connectivity index is 1.38. The number of hydrogen-bond acceptors (Lipinski definition) is 5. The molecule has 2 aromatic rings. The third-order valence-electron chi connectivity index (χ3n) is 4.95. The molecule has 0 bridgehead atoms. The molecule has 2 aliphatic heterocycles. The zero-order valence-electron chi connectivity index (χ0n) is 15.2. The largest absolute Gasteiger partial charge is 0.336 e. The maximum absolute atomic E-state index is 12.9. The third-order valence-corrected chi connectivity index (χ3v) is 6.12. The Morgan fingerprint density at radius 2 is 2.07 bits per heavy atom. The van der Waals surface area contributed by atoms with Crippen LogP contribution in [-0.4, -0.2) is 58.0 Å². The maximum Gasteiger partial charge on any atom is 0.254 e. The molecule has 0 saturated carbocycles. The second kappa shape index (κ2) is 7.70. The van der Waals surface area contributed by atoms with Crippen LogP contribution in [0.15, 0.2) is 47.6 Å². The Labute approximate surface area is 162 Å². The second-order valence-electron chi connectivity index (χ2n) is 6.89. The number of nitrogens with one attached hydrogen (secondary N) is 1. The summed E-state index contributed by atoms with van der Waals surface area (Å²) in [6.07, 6.45) is 3.66. The van der Waals surface area contributed by atoms with Gasteiger partial charge in [0.25, 0.3) is 5.91 Å². The Bertz CT molecular complexity index is 850. The number of thioether (sulfide) groups is 1. The lowest BCUT2D eigenvalue weighted by molar-refractivity contribution is -0.115. The Morgan fingerprint density at radius 1 is 1.26 bits per heavy atom. The highest BCUT2D eigenvalue weighted by Crippen LogP contribution is 2.36. The number of nitrogens with zero attached hydrogens (tertiary/aromatic N) is 3. The van der Waals surface area contributed by atoms with Gasteiger partial charge in [0.05, 0.1) is 10.9 Å². The van der Waals surface area contributed by atoms with Crippen LogP contribution in [0.1, 0.15) is 22.8 Å². The van der Waals surface area contributed by atoms with E-state index in [4.69, 9.17) is 0 Å². The van der Waals surface area contributed by atoms with Crippen molar-refractivity contribution in [2.75, 3.05) is 31.5 Å². The first-order valence-electron chi connectivity index (χ1n) is 9.12. The van der Waals surface area contributed by atoms with Gasteiger partial charge in [0.15, 0.2) is 0 Å². The standard InChI is InChI=1S/C20H22N4O2S/c1-14-19(25)22-17-11-16(4-5-18(17)27-14)20(26)24-9-7-23(8-10-24)13-15-3-2-6-21-12-15/h2-6,11-12,14H,7-10,13H2,1H3,(H,22,25). The first-order chi connectivity index (χ1) is 13.1. The van der Waals surface area contributed by atoms with Crippen molar-refractivity contribution in [1.29, 1.82) is 0 Å². The Morgan fingerprint density at radius 3 is 2.81 bits per heavy atom. The van der Waals surface area contributed by atoms with Gasteiger partial charge in [0.1, 0.15) is 0 Å². The lowest BCUT2D eigenvalue weighted by Crippen LogP contribution is -2.48. The van der Waals surface area contributed by atoms with Crippen LogP contribution in [0.2, 0.25) is 0 Å². The van der Waals surface area contributed by atoms with Crippen LogP contribution < -0.4 is 5.32 Å². The highest BCUT2D eigenvalue weighted by atomic mass is 32.2. The molecule has 4 rings (SSSR count). The first-order valence-corrected chi connectivity index (χ1v) is 10.0. The SMILES string of the molecule is CC1Sc2ccc(C(=O)N3CCN(Cc4cccnc4)CC3)cc2NC1=O.